The van der Waals surface area contributed by atoms with Gasteiger partial charge in [0.05, 0.1) is 17.3 Å². The molecule has 5 rings (SSSR count). The second-order valence-corrected chi connectivity index (χ2v) is 8.75. The Morgan fingerprint density at radius 1 is 0.882 bits per heavy atom. The van der Waals surface area contributed by atoms with Gasteiger partial charge in [-0.05, 0) is 48.6 Å². The Hall–Kier alpha value is -4.00. The predicted molar refractivity (Wildman–Crippen MR) is 128 cm³/mol. The molecule has 2 fully saturated rings. The molecule has 34 heavy (non-hydrogen) atoms. The molecular formula is C27H24N2O5. The monoisotopic (exact) mass is 456 g/mol. The van der Waals surface area contributed by atoms with Crippen LogP contribution in [-0.2, 0) is 19.2 Å². The number of hydrogen-bond acceptors (Lipinski definition) is 5. The molecule has 2 heterocycles. The van der Waals surface area contributed by atoms with Gasteiger partial charge in [0.15, 0.2) is 0 Å². The first-order valence-corrected chi connectivity index (χ1v) is 11.4. The molecule has 2 aliphatic rings. The van der Waals surface area contributed by atoms with Gasteiger partial charge in [-0.1, -0.05) is 36.4 Å². The van der Waals surface area contributed by atoms with Gasteiger partial charge in [-0.2, -0.15) is 0 Å². The van der Waals surface area contributed by atoms with Crippen molar-refractivity contribution in [2.24, 2.45) is 5.92 Å². The third-order valence-corrected chi connectivity index (χ3v) is 6.42. The highest BCUT2D eigenvalue weighted by Gasteiger charge is 2.37. The lowest BCUT2D eigenvalue weighted by atomic mass is 10.1. The minimum absolute atomic E-state index is 0.0793. The van der Waals surface area contributed by atoms with Crippen LogP contribution < -0.4 is 14.5 Å². The Morgan fingerprint density at radius 2 is 1.62 bits per heavy atom. The van der Waals surface area contributed by atoms with Gasteiger partial charge in [0.2, 0.25) is 17.7 Å². The van der Waals surface area contributed by atoms with Gasteiger partial charge in [0.25, 0.3) is 0 Å². The highest BCUT2D eigenvalue weighted by atomic mass is 16.5. The van der Waals surface area contributed by atoms with Gasteiger partial charge in [0.1, 0.15) is 5.75 Å². The van der Waals surface area contributed by atoms with Crippen molar-refractivity contribution in [3.63, 3.8) is 0 Å². The first-order valence-electron chi connectivity index (χ1n) is 11.4. The Kier molecular flexibility index (Phi) is 5.61. The maximum Gasteiger partial charge on any atom is 0.316 e. The van der Waals surface area contributed by atoms with Crippen molar-refractivity contribution >= 4 is 45.8 Å². The second-order valence-electron chi connectivity index (χ2n) is 8.75. The van der Waals surface area contributed by atoms with Crippen LogP contribution in [0.2, 0.25) is 0 Å². The molecule has 0 unspecified atom stereocenters. The number of ether oxygens (including phenoxy) is 1. The molecule has 0 bridgehead atoms. The van der Waals surface area contributed by atoms with Crippen molar-refractivity contribution in [1.82, 2.24) is 0 Å². The highest BCUT2D eigenvalue weighted by Crippen LogP contribution is 2.33. The number of anilines is 2. The molecule has 2 saturated heterocycles. The Morgan fingerprint density at radius 3 is 2.38 bits per heavy atom. The Labute approximate surface area is 196 Å². The third kappa shape index (κ3) is 3.94. The molecule has 3 aromatic rings. The molecule has 0 saturated carbocycles. The third-order valence-electron chi connectivity index (χ3n) is 6.42. The highest BCUT2D eigenvalue weighted by molar-refractivity contribution is 6.16. The zero-order chi connectivity index (χ0) is 23.8. The lowest BCUT2D eigenvalue weighted by Gasteiger charge is -2.26. The molecule has 0 N–H and O–H groups in total. The zero-order valence-electron chi connectivity index (χ0n) is 18.8. The number of fused-ring (bicyclic) bond motifs is 1. The van der Waals surface area contributed by atoms with E-state index in [2.05, 4.69) is 0 Å². The van der Waals surface area contributed by atoms with Gasteiger partial charge < -0.3 is 9.64 Å². The Bertz CT molecular complexity index is 1310. The molecule has 3 aromatic carbocycles. The summed E-state index contributed by atoms with van der Waals surface area (Å²) < 4.78 is 5.59. The van der Waals surface area contributed by atoms with Crippen LogP contribution in [0.5, 0.6) is 5.75 Å². The van der Waals surface area contributed by atoms with E-state index in [4.69, 9.17) is 4.74 Å². The molecular weight excluding hydrogens is 432 g/mol. The van der Waals surface area contributed by atoms with Crippen LogP contribution >= 0.6 is 0 Å². The number of rotatable bonds is 4. The lowest BCUT2D eigenvalue weighted by Crippen LogP contribution is -2.40. The van der Waals surface area contributed by atoms with Gasteiger partial charge in [-0.3, -0.25) is 24.1 Å². The SMILES string of the molecule is Cc1cc(OC(=O)[C@@H]2CC(=O)N(c3cccc4ccccc34)C2)ccc1N1C(=O)CCCC1=O. The fourth-order valence-electron chi connectivity index (χ4n) is 4.71. The fraction of sp³-hybridized carbons (Fsp3) is 0.259. The van der Waals surface area contributed by atoms with E-state index >= 15 is 0 Å². The summed E-state index contributed by atoms with van der Waals surface area (Å²) in [6.07, 6.45) is 1.32. The van der Waals surface area contributed by atoms with Crippen LogP contribution in [-0.4, -0.2) is 30.2 Å². The number of carbonyl (C=O) groups excluding carboxylic acids is 4. The lowest BCUT2D eigenvalue weighted by molar-refractivity contribution is -0.139. The minimum Gasteiger partial charge on any atom is -0.426 e. The summed E-state index contributed by atoms with van der Waals surface area (Å²) in [6.45, 7) is 2.02. The largest absolute Gasteiger partial charge is 0.426 e. The number of esters is 1. The van der Waals surface area contributed by atoms with Crippen LogP contribution in [0.3, 0.4) is 0 Å². The molecule has 172 valence electrons. The number of nitrogens with zero attached hydrogens (tertiary/aromatic N) is 2. The molecule has 0 aromatic heterocycles. The summed E-state index contributed by atoms with van der Waals surface area (Å²) >= 11 is 0. The van der Waals surface area contributed by atoms with Crippen LogP contribution in [0, 0.1) is 12.8 Å². The van der Waals surface area contributed by atoms with Crippen molar-refractivity contribution in [1.29, 1.82) is 0 Å². The normalized spacial score (nSPS) is 18.6. The van der Waals surface area contributed by atoms with Gasteiger partial charge in [-0.15, -0.1) is 0 Å². The topological polar surface area (TPSA) is 84.0 Å². The summed E-state index contributed by atoms with van der Waals surface area (Å²) in [5.74, 6) is -1.31. The quantitative estimate of drug-likeness (QED) is 0.335. The number of benzene rings is 3. The predicted octanol–water partition coefficient (Wildman–Crippen LogP) is 4.15. The van der Waals surface area contributed by atoms with Crippen LogP contribution in [0.25, 0.3) is 10.8 Å². The maximum absolute atomic E-state index is 12.9. The number of carbonyl (C=O) groups is 4. The van der Waals surface area contributed by atoms with E-state index in [-0.39, 0.29) is 30.7 Å². The molecule has 7 heteroatoms. The van der Waals surface area contributed by atoms with Crippen molar-refractivity contribution in [2.45, 2.75) is 32.6 Å². The van der Waals surface area contributed by atoms with Crippen LogP contribution in [0.1, 0.15) is 31.2 Å². The van der Waals surface area contributed by atoms with Crippen molar-refractivity contribution in [3.05, 3.63) is 66.2 Å². The molecule has 0 spiro atoms. The van der Waals surface area contributed by atoms with E-state index in [1.165, 1.54) is 4.90 Å². The van der Waals surface area contributed by atoms with Crippen molar-refractivity contribution in [3.8, 4) is 5.75 Å². The van der Waals surface area contributed by atoms with E-state index in [0.29, 0.717) is 36.3 Å². The van der Waals surface area contributed by atoms with Crippen molar-refractivity contribution in [2.75, 3.05) is 16.3 Å². The summed E-state index contributed by atoms with van der Waals surface area (Å²) in [6, 6.07) is 18.4. The van der Waals surface area contributed by atoms with Crippen molar-refractivity contribution < 1.29 is 23.9 Å². The van der Waals surface area contributed by atoms with E-state index in [0.717, 1.165) is 16.5 Å². The van der Waals surface area contributed by atoms with E-state index in [9.17, 15) is 19.2 Å². The number of hydrogen-bond donors (Lipinski definition) is 0. The maximum atomic E-state index is 12.9. The minimum atomic E-state index is -0.586. The van der Waals surface area contributed by atoms with E-state index < -0.39 is 11.9 Å². The second kappa shape index (κ2) is 8.74. The number of imide groups is 1. The van der Waals surface area contributed by atoms with Gasteiger partial charge in [0, 0.05) is 31.2 Å². The summed E-state index contributed by atoms with van der Waals surface area (Å²) in [7, 11) is 0. The molecule has 0 aliphatic carbocycles. The molecule has 2 aliphatic heterocycles. The summed E-state index contributed by atoms with van der Waals surface area (Å²) in [4.78, 5) is 53.0. The van der Waals surface area contributed by atoms with E-state index in [1.54, 1.807) is 30.0 Å². The van der Waals surface area contributed by atoms with Crippen LogP contribution in [0.15, 0.2) is 60.7 Å². The summed E-state index contributed by atoms with van der Waals surface area (Å²) in [5.41, 5.74) is 1.95. The molecule has 0 radical (unpaired) electrons. The average molecular weight is 456 g/mol. The summed E-state index contributed by atoms with van der Waals surface area (Å²) in [5, 5.41) is 1.99. The first kappa shape index (κ1) is 21.8. The molecule has 3 amide bonds. The van der Waals surface area contributed by atoms with Crippen LogP contribution in [0.4, 0.5) is 11.4 Å². The first-order chi connectivity index (χ1) is 16.4. The van der Waals surface area contributed by atoms with Gasteiger partial charge >= 0.3 is 5.97 Å². The molecule has 7 nitrogen and oxygen atoms in total. The number of aryl methyl sites for hydroxylation is 1. The standard InChI is InChI=1S/C27H24N2O5/c1-17-14-20(12-13-22(17)29-24(30)10-5-11-25(29)31)34-27(33)19-15-26(32)28(16-19)23-9-4-7-18-6-2-3-8-21(18)23/h2-4,6-9,12-14,19H,5,10-11,15-16H2,1H3/t19-/m1/s1. The van der Waals surface area contributed by atoms with E-state index in [1.807, 2.05) is 42.5 Å². The zero-order valence-corrected chi connectivity index (χ0v) is 18.8. The smallest absolute Gasteiger partial charge is 0.316 e. The average Bonchev–Trinajstić information content (AvgIpc) is 3.21. The molecule has 1 atom stereocenters. The number of piperidine rings is 1. The fourth-order valence-corrected chi connectivity index (χ4v) is 4.71. The van der Waals surface area contributed by atoms with Gasteiger partial charge in [-0.25, -0.2) is 0 Å². The Balaban J connectivity index is 1.31. The number of amides is 3.